The lowest BCUT2D eigenvalue weighted by atomic mass is 10.1. The summed E-state index contributed by atoms with van der Waals surface area (Å²) in [5.74, 6) is 0.111. The highest BCUT2D eigenvalue weighted by molar-refractivity contribution is 5.75. The fraction of sp³-hybridized carbons (Fsp3) is 0.692. The first-order chi connectivity index (χ1) is 8.54. The Labute approximate surface area is 109 Å². The number of aryl methyl sites for hydroxylation is 2. The maximum atomic E-state index is 11.4. The Morgan fingerprint density at radius 2 is 2.22 bits per heavy atom. The van der Waals surface area contributed by atoms with Gasteiger partial charge in [0.25, 0.3) is 0 Å². The molecule has 1 aromatic heterocycles. The molecule has 18 heavy (non-hydrogen) atoms. The lowest BCUT2D eigenvalue weighted by Gasteiger charge is -2.12. The highest BCUT2D eigenvalue weighted by Crippen LogP contribution is 2.14. The van der Waals surface area contributed by atoms with E-state index in [0.29, 0.717) is 13.0 Å². The van der Waals surface area contributed by atoms with Gasteiger partial charge < -0.3 is 10.6 Å². The first-order valence-electron chi connectivity index (χ1n) is 6.54. The first kappa shape index (κ1) is 14.7. The number of nitrogens with zero attached hydrogens (tertiary/aromatic N) is 2. The summed E-state index contributed by atoms with van der Waals surface area (Å²) in [4.78, 5) is 11.4. The van der Waals surface area contributed by atoms with E-state index in [4.69, 9.17) is 0 Å². The van der Waals surface area contributed by atoms with E-state index in [1.54, 1.807) is 0 Å². The third-order valence-corrected chi connectivity index (χ3v) is 2.89. The summed E-state index contributed by atoms with van der Waals surface area (Å²) >= 11 is 0. The predicted octanol–water partition coefficient (Wildman–Crippen LogP) is 1.30. The molecule has 0 radical (unpaired) electrons. The Morgan fingerprint density at radius 1 is 1.50 bits per heavy atom. The summed E-state index contributed by atoms with van der Waals surface area (Å²) in [6.45, 7) is 7.59. The van der Waals surface area contributed by atoms with Crippen LogP contribution < -0.4 is 10.6 Å². The maximum Gasteiger partial charge on any atom is 0.221 e. The molecule has 1 heterocycles. The standard InChI is InChI=1S/C13H24N4O/c1-5-7-15-13(18)6-8-14-10(2)12-9-17(4)16-11(12)3/h9-10,14H,5-8H2,1-4H3,(H,15,18). The zero-order chi connectivity index (χ0) is 13.5. The Hall–Kier alpha value is -1.36. The quantitative estimate of drug-likeness (QED) is 0.769. The molecule has 0 aliphatic carbocycles. The zero-order valence-corrected chi connectivity index (χ0v) is 11.8. The van der Waals surface area contributed by atoms with Crippen LogP contribution in [0, 0.1) is 6.92 Å². The monoisotopic (exact) mass is 252 g/mol. The molecular formula is C13H24N4O. The van der Waals surface area contributed by atoms with Crippen LogP contribution in [0.15, 0.2) is 6.20 Å². The number of carbonyl (C=O) groups excluding carboxylic acids is 1. The summed E-state index contributed by atoms with van der Waals surface area (Å²) < 4.78 is 1.82. The third kappa shape index (κ3) is 4.49. The van der Waals surface area contributed by atoms with Gasteiger partial charge in [-0.1, -0.05) is 6.92 Å². The molecule has 1 amide bonds. The van der Waals surface area contributed by atoms with Gasteiger partial charge in [0.1, 0.15) is 0 Å². The van der Waals surface area contributed by atoms with Crippen LogP contribution in [0.5, 0.6) is 0 Å². The van der Waals surface area contributed by atoms with Crippen molar-refractivity contribution in [2.75, 3.05) is 13.1 Å². The van der Waals surface area contributed by atoms with E-state index in [1.165, 1.54) is 5.56 Å². The van der Waals surface area contributed by atoms with Crippen molar-refractivity contribution in [2.24, 2.45) is 7.05 Å². The zero-order valence-electron chi connectivity index (χ0n) is 11.8. The predicted molar refractivity (Wildman–Crippen MR) is 72.3 cm³/mol. The number of amides is 1. The molecule has 0 saturated carbocycles. The molecule has 1 aromatic rings. The molecule has 0 spiro atoms. The molecule has 1 atom stereocenters. The van der Waals surface area contributed by atoms with Crippen LogP contribution in [0.2, 0.25) is 0 Å². The lowest BCUT2D eigenvalue weighted by Crippen LogP contribution is -2.29. The first-order valence-corrected chi connectivity index (χ1v) is 6.54. The van der Waals surface area contributed by atoms with Crippen molar-refractivity contribution in [1.82, 2.24) is 20.4 Å². The summed E-state index contributed by atoms with van der Waals surface area (Å²) in [6, 6.07) is 0.220. The van der Waals surface area contributed by atoms with E-state index < -0.39 is 0 Å². The van der Waals surface area contributed by atoms with E-state index in [9.17, 15) is 4.79 Å². The molecule has 0 aromatic carbocycles. The van der Waals surface area contributed by atoms with Crippen molar-refractivity contribution in [3.8, 4) is 0 Å². The van der Waals surface area contributed by atoms with Crippen LogP contribution in [0.1, 0.15) is 44.0 Å². The Morgan fingerprint density at radius 3 is 2.78 bits per heavy atom. The van der Waals surface area contributed by atoms with Gasteiger partial charge in [0.05, 0.1) is 5.69 Å². The lowest BCUT2D eigenvalue weighted by molar-refractivity contribution is -0.121. The second-order valence-corrected chi connectivity index (χ2v) is 4.62. The van der Waals surface area contributed by atoms with Gasteiger partial charge in [-0.2, -0.15) is 5.10 Å². The fourth-order valence-corrected chi connectivity index (χ4v) is 1.91. The second kappa shape index (κ2) is 7.16. The van der Waals surface area contributed by atoms with Crippen LogP contribution >= 0.6 is 0 Å². The third-order valence-electron chi connectivity index (χ3n) is 2.89. The number of aromatic nitrogens is 2. The van der Waals surface area contributed by atoms with E-state index >= 15 is 0 Å². The molecule has 2 N–H and O–H groups in total. The number of hydrogen-bond donors (Lipinski definition) is 2. The van der Waals surface area contributed by atoms with Crippen LogP contribution in [0.4, 0.5) is 0 Å². The van der Waals surface area contributed by atoms with Gasteiger partial charge in [-0.3, -0.25) is 9.48 Å². The fourth-order valence-electron chi connectivity index (χ4n) is 1.91. The van der Waals surface area contributed by atoms with Gasteiger partial charge in [-0.05, 0) is 20.3 Å². The normalized spacial score (nSPS) is 12.4. The molecule has 0 aliphatic heterocycles. The maximum absolute atomic E-state index is 11.4. The molecule has 5 heteroatoms. The summed E-state index contributed by atoms with van der Waals surface area (Å²) in [7, 11) is 1.92. The smallest absolute Gasteiger partial charge is 0.221 e. The van der Waals surface area contributed by atoms with E-state index in [1.807, 2.05) is 31.8 Å². The van der Waals surface area contributed by atoms with Crippen molar-refractivity contribution < 1.29 is 4.79 Å². The Balaban J connectivity index is 2.31. The summed E-state index contributed by atoms with van der Waals surface area (Å²) in [6.07, 6.45) is 3.51. The largest absolute Gasteiger partial charge is 0.356 e. The van der Waals surface area contributed by atoms with Crippen LogP contribution in [-0.2, 0) is 11.8 Å². The minimum absolute atomic E-state index is 0.111. The summed E-state index contributed by atoms with van der Waals surface area (Å²) in [5.41, 5.74) is 2.22. The van der Waals surface area contributed by atoms with Crippen LogP contribution in [0.25, 0.3) is 0 Å². The van der Waals surface area contributed by atoms with Gasteiger partial charge in [-0.15, -0.1) is 0 Å². The molecular weight excluding hydrogens is 228 g/mol. The minimum Gasteiger partial charge on any atom is -0.356 e. The van der Waals surface area contributed by atoms with Gasteiger partial charge in [0.2, 0.25) is 5.91 Å². The van der Waals surface area contributed by atoms with Crippen LogP contribution in [-0.4, -0.2) is 28.8 Å². The second-order valence-electron chi connectivity index (χ2n) is 4.62. The number of rotatable bonds is 7. The molecule has 0 bridgehead atoms. The van der Waals surface area contributed by atoms with Gasteiger partial charge in [0, 0.05) is 44.4 Å². The van der Waals surface area contributed by atoms with E-state index in [-0.39, 0.29) is 11.9 Å². The molecule has 102 valence electrons. The number of carbonyl (C=O) groups is 1. The van der Waals surface area contributed by atoms with Crippen molar-refractivity contribution >= 4 is 5.91 Å². The minimum atomic E-state index is 0.111. The van der Waals surface area contributed by atoms with Crippen molar-refractivity contribution in [3.05, 3.63) is 17.5 Å². The Bertz CT molecular complexity index is 386. The summed E-state index contributed by atoms with van der Waals surface area (Å²) in [5, 5.41) is 10.5. The molecule has 1 unspecified atom stereocenters. The molecule has 1 rings (SSSR count). The molecule has 0 saturated heterocycles. The average Bonchev–Trinajstić information content (AvgIpc) is 2.65. The van der Waals surface area contributed by atoms with Gasteiger partial charge in [0.15, 0.2) is 0 Å². The number of nitrogens with one attached hydrogen (secondary N) is 2. The Kier molecular flexibility index (Phi) is 5.85. The molecule has 5 nitrogen and oxygen atoms in total. The van der Waals surface area contributed by atoms with E-state index in [0.717, 1.165) is 18.7 Å². The average molecular weight is 252 g/mol. The molecule has 0 fully saturated rings. The van der Waals surface area contributed by atoms with Crippen LogP contribution in [0.3, 0.4) is 0 Å². The van der Waals surface area contributed by atoms with Crippen molar-refractivity contribution in [3.63, 3.8) is 0 Å². The van der Waals surface area contributed by atoms with Gasteiger partial charge >= 0.3 is 0 Å². The topological polar surface area (TPSA) is 59.0 Å². The number of hydrogen-bond acceptors (Lipinski definition) is 3. The van der Waals surface area contributed by atoms with Crippen molar-refractivity contribution in [2.45, 2.75) is 39.7 Å². The van der Waals surface area contributed by atoms with Gasteiger partial charge in [-0.25, -0.2) is 0 Å². The SMILES string of the molecule is CCCNC(=O)CCNC(C)c1cn(C)nc1C. The highest BCUT2D eigenvalue weighted by Gasteiger charge is 2.11. The molecule has 0 aliphatic rings. The van der Waals surface area contributed by atoms with E-state index in [2.05, 4.69) is 22.7 Å². The highest BCUT2D eigenvalue weighted by atomic mass is 16.1. The van der Waals surface area contributed by atoms with Crippen molar-refractivity contribution in [1.29, 1.82) is 0 Å².